The molecule has 4 rings (SSSR count). The molecule has 10 heteroatoms. The van der Waals surface area contributed by atoms with Gasteiger partial charge in [0, 0.05) is 18.3 Å². The maximum atomic E-state index is 12.6. The number of ether oxygens (including phenoxy) is 1. The minimum Gasteiger partial charge on any atom is -0.495 e. The van der Waals surface area contributed by atoms with Crippen LogP contribution in [0.25, 0.3) is 16.4 Å². The Kier molecular flexibility index (Phi) is 7.06. The Bertz CT molecular complexity index is 1250. The molecule has 0 aliphatic carbocycles. The topological polar surface area (TPSA) is 98.1 Å². The molecule has 2 N–H and O–H groups in total. The van der Waals surface area contributed by atoms with E-state index >= 15 is 0 Å². The van der Waals surface area contributed by atoms with E-state index in [2.05, 4.69) is 20.8 Å². The predicted molar refractivity (Wildman–Crippen MR) is 131 cm³/mol. The molecule has 168 valence electrons. The number of nitrogens with zero attached hydrogens (tertiary/aromatic N) is 3. The number of methoxy groups -OCH3 is 1. The molecule has 0 fully saturated rings. The van der Waals surface area contributed by atoms with Gasteiger partial charge >= 0.3 is 0 Å². The van der Waals surface area contributed by atoms with Gasteiger partial charge in [0.15, 0.2) is 11.0 Å². The number of para-hydroxylation sites is 2. The molecule has 0 aliphatic rings. The zero-order valence-electron chi connectivity index (χ0n) is 17.9. The predicted octanol–water partition coefficient (Wildman–Crippen LogP) is 4.69. The lowest BCUT2D eigenvalue weighted by Gasteiger charge is -2.13. The monoisotopic (exact) mass is 479 g/mol. The highest BCUT2D eigenvalue weighted by molar-refractivity contribution is 7.99. The largest absolute Gasteiger partial charge is 0.495 e. The first-order chi connectivity index (χ1) is 16.0. The third kappa shape index (κ3) is 5.41. The van der Waals surface area contributed by atoms with Crippen molar-refractivity contribution < 1.29 is 14.3 Å². The minimum atomic E-state index is -0.181. The highest BCUT2D eigenvalue weighted by Crippen LogP contribution is 2.34. The van der Waals surface area contributed by atoms with E-state index < -0.39 is 0 Å². The molecule has 8 nitrogen and oxygen atoms in total. The lowest BCUT2D eigenvalue weighted by molar-refractivity contribution is -0.114. The quantitative estimate of drug-likeness (QED) is 0.356. The molecule has 0 bridgehead atoms. The first kappa shape index (κ1) is 22.6. The number of thiophene rings is 1. The number of thioether (sulfide) groups is 1. The average Bonchev–Trinajstić information content (AvgIpc) is 3.48. The maximum absolute atomic E-state index is 12.6. The molecule has 2 aromatic carbocycles. The number of carbonyl (C=O) groups is 2. The summed E-state index contributed by atoms with van der Waals surface area (Å²) in [6, 6.07) is 18.5. The van der Waals surface area contributed by atoms with Crippen molar-refractivity contribution in [2.45, 2.75) is 12.1 Å². The van der Waals surface area contributed by atoms with Crippen molar-refractivity contribution in [3.63, 3.8) is 0 Å². The molecular formula is C23H21N5O3S2. The second-order valence-corrected chi connectivity index (χ2v) is 8.78. The van der Waals surface area contributed by atoms with Gasteiger partial charge in [0.2, 0.25) is 11.8 Å². The average molecular weight is 480 g/mol. The third-order valence-corrected chi connectivity index (χ3v) is 6.32. The van der Waals surface area contributed by atoms with Crippen LogP contribution in [0.1, 0.15) is 6.92 Å². The van der Waals surface area contributed by atoms with Crippen LogP contribution in [0.2, 0.25) is 0 Å². The zero-order chi connectivity index (χ0) is 23.2. The summed E-state index contributed by atoms with van der Waals surface area (Å²) >= 11 is 2.85. The van der Waals surface area contributed by atoms with Crippen molar-refractivity contribution in [3.8, 4) is 22.1 Å². The van der Waals surface area contributed by atoms with E-state index in [4.69, 9.17) is 4.74 Å². The van der Waals surface area contributed by atoms with E-state index in [0.29, 0.717) is 28.1 Å². The van der Waals surface area contributed by atoms with E-state index in [1.165, 1.54) is 18.7 Å². The summed E-state index contributed by atoms with van der Waals surface area (Å²) in [5, 5.41) is 16.8. The Morgan fingerprint density at radius 2 is 1.73 bits per heavy atom. The van der Waals surface area contributed by atoms with Gasteiger partial charge in [0.25, 0.3) is 0 Å². The highest BCUT2D eigenvalue weighted by Gasteiger charge is 2.20. The molecular weight excluding hydrogens is 458 g/mol. The highest BCUT2D eigenvalue weighted by atomic mass is 32.2. The molecule has 0 aliphatic heterocycles. The van der Waals surface area contributed by atoms with Gasteiger partial charge in [-0.1, -0.05) is 30.0 Å². The number of hydrogen-bond acceptors (Lipinski definition) is 7. The summed E-state index contributed by atoms with van der Waals surface area (Å²) in [5.74, 6) is 1.18. The van der Waals surface area contributed by atoms with E-state index in [9.17, 15) is 9.59 Å². The van der Waals surface area contributed by atoms with Crippen molar-refractivity contribution >= 4 is 46.3 Å². The Hall–Kier alpha value is -3.63. The molecule has 2 amide bonds. The lowest BCUT2D eigenvalue weighted by atomic mass is 10.3. The van der Waals surface area contributed by atoms with E-state index in [0.717, 1.165) is 10.6 Å². The number of carbonyl (C=O) groups excluding carboxylic acids is 2. The number of benzene rings is 2. The number of anilines is 2. The third-order valence-electron chi connectivity index (χ3n) is 4.52. The molecule has 0 saturated heterocycles. The van der Waals surface area contributed by atoms with Crippen LogP contribution in [-0.2, 0) is 9.59 Å². The van der Waals surface area contributed by atoms with Gasteiger partial charge in [0.05, 0.1) is 23.4 Å². The van der Waals surface area contributed by atoms with Gasteiger partial charge < -0.3 is 15.4 Å². The minimum absolute atomic E-state index is 0.144. The number of aromatic nitrogens is 3. The van der Waals surface area contributed by atoms with Crippen LogP contribution >= 0.6 is 23.1 Å². The Balaban J connectivity index is 1.52. The molecule has 0 radical (unpaired) electrons. The number of rotatable bonds is 8. The zero-order valence-corrected chi connectivity index (χ0v) is 19.6. The van der Waals surface area contributed by atoms with Gasteiger partial charge in [-0.25, -0.2) is 0 Å². The molecule has 0 saturated carbocycles. The smallest absolute Gasteiger partial charge is 0.234 e. The van der Waals surface area contributed by atoms with Crippen LogP contribution < -0.4 is 15.4 Å². The van der Waals surface area contributed by atoms with Crippen molar-refractivity contribution in [1.29, 1.82) is 0 Å². The summed E-state index contributed by atoms with van der Waals surface area (Å²) in [7, 11) is 1.62. The first-order valence-electron chi connectivity index (χ1n) is 9.98. The molecule has 0 unspecified atom stereocenters. The fraction of sp³-hybridized carbons (Fsp3) is 0.130. The normalized spacial score (nSPS) is 10.6. The van der Waals surface area contributed by atoms with Crippen LogP contribution in [0.3, 0.4) is 0 Å². The van der Waals surface area contributed by atoms with Crippen LogP contribution in [-0.4, -0.2) is 39.4 Å². The fourth-order valence-corrected chi connectivity index (χ4v) is 4.57. The molecule has 0 spiro atoms. The molecule has 2 heterocycles. The van der Waals surface area contributed by atoms with Crippen molar-refractivity contribution in [3.05, 3.63) is 66.0 Å². The molecule has 2 aromatic heterocycles. The number of amides is 2. The number of hydrogen-bond donors (Lipinski definition) is 2. The van der Waals surface area contributed by atoms with Crippen LogP contribution in [0.15, 0.2) is 71.2 Å². The molecule has 4 aromatic rings. The van der Waals surface area contributed by atoms with Gasteiger partial charge in [-0.2, -0.15) is 0 Å². The van der Waals surface area contributed by atoms with Gasteiger partial charge in [-0.15, -0.1) is 21.5 Å². The summed E-state index contributed by atoms with van der Waals surface area (Å²) < 4.78 is 7.45. The first-order valence-corrected chi connectivity index (χ1v) is 11.8. The Morgan fingerprint density at radius 3 is 2.39 bits per heavy atom. The van der Waals surface area contributed by atoms with Crippen molar-refractivity contribution in [2.24, 2.45) is 0 Å². The second-order valence-electron chi connectivity index (χ2n) is 6.89. The standard InChI is InChI=1S/C23H21N5O3S2/c1-15(29)24-16-9-11-17(12-10-16)25-21(30)14-33-23-27-26-22(20-8-5-13-32-20)28(23)18-6-3-4-7-19(18)31-2/h3-13H,14H2,1-2H3,(H,24,29)(H,25,30). The summed E-state index contributed by atoms with van der Waals surface area (Å²) in [6.45, 7) is 1.44. The SMILES string of the molecule is COc1ccccc1-n1c(SCC(=O)Nc2ccc(NC(C)=O)cc2)nnc1-c1cccs1. The van der Waals surface area contributed by atoms with E-state index in [-0.39, 0.29) is 17.6 Å². The van der Waals surface area contributed by atoms with Gasteiger partial charge in [-0.3, -0.25) is 14.2 Å². The summed E-state index contributed by atoms with van der Waals surface area (Å²) in [4.78, 5) is 24.7. The number of nitrogens with one attached hydrogen (secondary N) is 2. The van der Waals surface area contributed by atoms with Crippen molar-refractivity contribution in [2.75, 3.05) is 23.5 Å². The van der Waals surface area contributed by atoms with Crippen LogP contribution in [0.5, 0.6) is 5.75 Å². The molecule has 33 heavy (non-hydrogen) atoms. The maximum Gasteiger partial charge on any atom is 0.234 e. The lowest BCUT2D eigenvalue weighted by Crippen LogP contribution is -2.14. The Morgan fingerprint density at radius 1 is 1.00 bits per heavy atom. The van der Waals surface area contributed by atoms with Crippen LogP contribution in [0, 0.1) is 0 Å². The van der Waals surface area contributed by atoms with Gasteiger partial charge in [0.1, 0.15) is 5.75 Å². The summed E-state index contributed by atoms with van der Waals surface area (Å²) in [6.07, 6.45) is 0. The Labute approximate surface area is 199 Å². The fourth-order valence-electron chi connectivity index (χ4n) is 3.13. The molecule has 0 atom stereocenters. The van der Waals surface area contributed by atoms with Crippen LogP contribution in [0.4, 0.5) is 11.4 Å². The van der Waals surface area contributed by atoms with Gasteiger partial charge in [-0.05, 0) is 47.8 Å². The van der Waals surface area contributed by atoms with Crippen molar-refractivity contribution in [1.82, 2.24) is 14.8 Å². The second kappa shape index (κ2) is 10.3. The summed E-state index contributed by atoms with van der Waals surface area (Å²) in [5.41, 5.74) is 2.10. The van der Waals surface area contributed by atoms with E-state index in [1.807, 2.05) is 46.3 Å². The van der Waals surface area contributed by atoms with E-state index in [1.54, 1.807) is 42.7 Å².